The minimum atomic E-state index is -0.805. The zero-order chi connectivity index (χ0) is 33.9. The van der Waals surface area contributed by atoms with E-state index in [9.17, 15) is 14.4 Å². The Hall–Kier alpha value is -4.03. The van der Waals surface area contributed by atoms with Gasteiger partial charge in [-0.2, -0.15) is 15.2 Å². The van der Waals surface area contributed by atoms with Crippen LogP contribution in [0, 0.1) is 23.0 Å². The molecule has 15 heteroatoms. The summed E-state index contributed by atoms with van der Waals surface area (Å²) < 4.78 is 50.7. The van der Waals surface area contributed by atoms with Crippen molar-refractivity contribution in [1.82, 2.24) is 20.2 Å². The molecular formula is C33H34ClF2N7O4S. The number of amides is 1. The van der Waals surface area contributed by atoms with Gasteiger partial charge in [0.15, 0.2) is 11.6 Å². The molecule has 4 aromatic rings. The van der Waals surface area contributed by atoms with Crippen LogP contribution in [-0.4, -0.2) is 85.5 Å². The first-order chi connectivity index (χ1) is 23.1. The van der Waals surface area contributed by atoms with Crippen LogP contribution in [0.3, 0.4) is 0 Å². The van der Waals surface area contributed by atoms with Crippen LogP contribution in [0.5, 0.6) is 11.8 Å². The smallest absolute Gasteiger partial charge is 0.319 e. The molecule has 2 fully saturated rings. The van der Waals surface area contributed by atoms with Gasteiger partial charge in [0.2, 0.25) is 5.91 Å². The average molecular weight is 698 g/mol. The topological polar surface area (TPSA) is 139 Å². The van der Waals surface area contributed by atoms with Gasteiger partial charge in [0, 0.05) is 43.1 Å². The molecule has 0 radical (unpaired) electrons. The van der Waals surface area contributed by atoms with Crippen LogP contribution < -0.4 is 25.4 Å². The molecule has 48 heavy (non-hydrogen) atoms. The molecule has 0 bridgehead atoms. The van der Waals surface area contributed by atoms with Crippen LogP contribution >= 0.6 is 22.9 Å². The number of rotatable bonds is 6. The zero-order valence-corrected chi connectivity index (χ0v) is 28.2. The normalized spacial score (nSPS) is 21.9. The van der Waals surface area contributed by atoms with Gasteiger partial charge in [0.05, 0.1) is 27.2 Å². The Bertz CT molecular complexity index is 1990. The van der Waals surface area contributed by atoms with E-state index in [4.69, 9.17) is 36.5 Å². The third kappa shape index (κ3) is 5.33. The highest BCUT2D eigenvalue weighted by Gasteiger charge is 2.37. The number of thiophene rings is 1. The van der Waals surface area contributed by atoms with E-state index in [1.54, 1.807) is 7.05 Å². The van der Waals surface area contributed by atoms with Crippen molar-refractivity contribution in [3.63, 3.8) is 0 Å². The lowest BCUT2D eigenvalue weighted by Gasteiger charge is -2.37. The molecule has 252 valence electrons. The molecule has 7 rings (SSSR count). The molecule has 11 nitrogen and oxygen atoms in total. The van der Waals surface area contributed by atoms with Crippen LogP contribution in [-0.2, 0) is 9.53 Å². The van der Waals surface area contributed by atoms with E-state index in [1.165, 1.54) is 12.1 Å². The summed E-state index contributed by atoms with van der Waals surface area (Å²) in [4.78, 5) is 26.3. The molecule has 2 aromatic carbocycles. The number of carbonyl (C=O) groups excluding carboxylic acids is 1. The van der Waals surface area contributed by atoms with Gasteiger partial charge >= 0.3 is 6.01 Å². The van der Waals surface area contributed by atoms with Crippen molar-refractivity contribution in [2.75, 3.05) is 51.0 Å². The third-order valence-corrected chi connectivity index (χ3v) is 11.0. The Morgan fingerprint density at radius 3 is 2.79 bits per heavy atom. The fourth-order valence-electron chi connectivity index (χ4n) is 7.26. The van der Waals surface area contributed by atoms with Gasteiger partial charge in [-0.25, -0.2) is 8.78 Å². The Balaban J connectivity index is 1.45. The number of hydrogen-bond acceptors (Lipinski definition) is 11. The number of likely N-dealkylation sites (N-methyl/N-ethyl adjacent to an activating group) is 2. The van der Waals surface area contributed by atoms with E-state index in [2.05, 4.69) is 15.2 Å². The lowest BCUT2D eigenvalue weighted by atomic mass is 9.96. The van der Waals surface area contributed by atoms with Crippen molar-refractivity contribution in [2.24, 2.45) is 0 Å². The van der Waals surface area contributed by atoms with E-state index < -0.39 is 17.7 Å². The summed E-state index contributed by atoms with van der Waals surface area (Å²) in [6.45, 7) is 3.73. The molecule has 3 aliphatic heterocycles. The Morgan fingerprint density at radius 2 is 2.06 bits per heavy atom. The molecule has 2 aromatic heterocycles. The monoisotopic (exact) mass is 697 g/mol. The number of benzene rings is 2. The molecule has 0 saturated carbocycles. The van der Waals surface area contributed by atoms with Gasteiger partial charge in [-0.3, -0.25) is 9.69 Å². The predicted molar refractivity (Wildman–Crippen MR) is 180 cm³/mol. The summed E-state index contributed by atoms with van der Waals surface area (Å²) in [6, 6.07) is 4.51. The minimum Gasteiger partial charge on any atom is -0.489 e. The quantitative estimate of drug-likeness (QED) is 0.275. The number of carbonyl (C=O) groups is 1. The van der Waals surface area contributed by atoms with Crippen LogP contribution in [0.15, 0.2) is 12.1 Å². The summed E-state index contributed by atoms with van der Waals surface area (Å²) in [5.41, 5.74) is 6.12. The molecule has 4 atom stereocenters. The highest BCUT2D eigenvalue weighted by molar-refractivity contribution is 7.23. The lowest BCUT2D eigenvalue weighted by molar-refractivity contribution is -0.135. The Labute approximate surface area is 284 Å². The second kappa shape index (κ2) is 12.8. The fraction of sp³-hybridized carbons (Fsp3) is 0.455. The molecule has 5 heterocycles. The number of fused-ring (bicyclic) bond motifs is 1. The number of nitriles is 1. The van der Waals surface area contributed by atoms with Gasteiger partial charge in [0.25, 0.3) is 0 Å². The maximum Gasteiger partial charge on any atom is 0.319 e. The third-order valence-electron chi connectivity index (χ3n) is 9.64. The van der Waals surface area contributed by atoms with Crippen molar-refractivity contribution in [2.45, 2.75) is 56.9 Å². The average Bonchev–Trinajstić information content (AvgIpc) is 3.61. The first-order valence-electron chi connectivity index (χ1n) is 15.9. The van der Waals surface area contributed by atoms with E-state index >= 15 is 4.39 Å². The summed E-state index contributed by atoms with van der Waals surface area (Å²) in [5, 5.41) is 13.0. The van der Waals surface area contributed by atoms with E-state index in [-0.39, 0.29) is 90.2 Å². The summed E-state index contributed by atoms with van der Waals surface area (Å²) in [7, 11) is 3.60. The van der Waals surface area contributed by atoms with Gasteiger partial charge < -0.3 is 30.2 Å². The fourth-order valence-corrected chi connectivity index (χ4v) is 8.55. The number of hydrogen-bond donors (Lipinski definition) is 2. The number of anilines is 2. The summed E-state index contributed by atoms with van der Waals surface area (Å²) in [5.74, 6) is -1.10. The maximum atomic E-state index is 17.2. The number of aromatic nitrogens is 2. The first kappa shape index (κ1) is 32.5. The lowest BCUT2D eigenvalue weighted by Crippen LogP contribution is -2.48. The minimum absolute atomic E-state index is 0.0213. The Kier molecular flexibility index (Phi) is 8.65. The first-order valence-corrected chi connectivity index (χ1v) is 17.1. The SMILES string of the molecule is CNC(=O)C1CC(N2CCOc3c(Cl)c(-c4ccc(F)c5sc(N)c(C#N)c45)c(F)c4nc(O[C@@H](C)[C@@H]5CCCN5C)nc2c34)CCO1. The predicted octanol–water partition coefficient (Wildman–Crippen LogP) is 5.25. The largest absolute Gasteiger partial charge is 0.489 e. The number of nitrogens with zero attached hydrogens (tertiary/aromatic N) is 5. The maximum absolute atomic E-state index is 17.2. The number of nitrogens with one attached hydrogen (secondary N) is 1. The second-order valence-electron chi connectivity index (χ2n) is 12.3. The molecule has 2 unspecified atom stereocenters. The highest BCUT2D eigenvalue weighted by Crippen LogP contribution is 2.51. The standard InChI is InChI=1S/C33H34ClF2N7O4S/c1-15(20-5-4-9-42(20)3)47-33-40-27-24-28(46-12-10-43(31(24)41-33)16-8-11-45-21(13-16)32(44)39-2)25(34)23(26(27)36)17-6-7-19(35)29-22(17)18(14-37)30(38)48-29/h6-7,15-16,20-21H,4-5,8-13,38H2,1-3H3,(H,39,44)/t15-,16?,20-,21?/m0/s1. The molecule has 1 amide bonds. The molecule has 3 N–H and O–H groups in total. The van der Waals surface area contributed by atoms with Crippen LogP contribution in [0.2, 0.25) is 5.02 Å². The number of ether oxygens (including phenoxy) is 3. The summed E-state index contributed by atoms with van der Waals surface area (Å²) >= 11 is 7.95. The number of likely N-dealkylation sites (tertiary alicyclic amines) is 1. The van der Waals surface area contributed by atoms with Crippen LogP contribution in [0.1, 0.15) is 38.2 Å². The van der Waals surface area contributed by atoms with Crippen molar-refractivity contribution in [3.8, 4) is 29.0 Å². The van der Waals surface area contributed by atoms with Gasteiger partial charge in [0.1, 0.15) is 47.0 Å². The van der Waals surface area contributed by atoms with Crippen molar-refractivity contribution >= 4 is 60.7 Å². The van der Waals surface area contributed by atoms with Gasteiger partial charge in [-0.05, 0) is 51.4 Å². The van der Waals surface area contributed by atoms with Crippen LogP contribution in [0.4, 0.5) is 19.6 Å². The molecule has 2 saturated heterocycles. The molecular weight excluding hydrogens is 664 g/mol. The highest BCUT2D eigenvalue weighted by atomic mass is 35.5. The van der Waals surface area contributed by atoms with Crippen molar-refractivity contribution in [1.29, 1.82) is 5.26 Å². The van der Waals surface area contributed by atoms with Gasteiger partial charge in [-0.1, -0.05) is 17.7 Å². The number of nitrogens with two attached hydrogens (primary N) is 1. The van der Waals surface area contributed by atoms with Crippen molar-refractivity contribution < 1.29 is 27.8 Å². The van der Waals surface area contributed by atoms with Gasteiger partial charge in [-0.15, -0.1) is 11.3 Å². The Morgan fingerprint density at radius 1 is 1.25 bits per heavy atom. The zero-order valence-electron chi connectivity index (χ0n) is 26.6. The van der Waals surface area contributed by atoms with E-state index in [0.717, 1.165) is 30.7 Å². The molecule has 3 aliphatic rings. The summed E-state index contributed by atoms with van der Waals surface area (Å²) in [6.07, 6.45) is 1.95. The van der Waals surface area contributed by atoms with Crippen LogP contribution in [0.25, 0.3) is 32.1 Å². The molecule has 0 spiro atoms. The van der Waals surface area contributed by atoms with E-state index in [1.807, 2.05) is 24.9 Å². The number of nitrogen functional groups attached to an aromatic ring is 1. The van der Waals surface area contributed by atoms with Crippen molar-refractivity contribution in [3.05, 3.63) is 34.4 Å². The number of halogens is 3. The molecule has 0 aliphatic carbocycles. The second-order valence-corrected chi connectivity index (χ2v) is 13.8. The van der Waals surface area contributed by atoms with E-state index in [0.29, 0.717) is 31.8 Å².